The van der Waals surface area contributed by atoms with Crippen LogP contribution in [0.25, 0.3) is 11.3 Å². The predicted octanol–water partition coefficient (Wildman–Crippen LogP) is 4.07. The monoisotopic (exact) mass is 426 g/mol. The van der Waals surface area contributed by atoms with Gasteiger partial charge in [-0.15, -0.1) is 13.2 Å². The van der Waals surface area contributed by atoms with E-state index in [-0.39, 0.29) is 5.54 Å². The van der Waals surface area contributed by atoms with Crippen LogP contribution in [0.3, 0.4) is 0 Å². The highest BCUT2D eigenvalue weighted by atomic mass is 19.4. The van der Waals surface area contributed by atoms with Crippen molar-refractivity contribution in [3.8, 4) is 17.0 Å². The third-order valence-electron chi connectivity index (χ3n) is 5.24. The molecule has 1 aromatic heterocycles. The summed E-state index contributed by atoms with van der Waals surface area (Å²) in [7, 11) is 0. The third-order valence-corrected chi connectivity index (χ3v) is 5.24. The van der Waals surface area contributed by atoms with Gasteiger partial charge in [0.25, 0.3) is 0 Å². The molecule has 0 atom stereocenters. The molecule has 3 rings (SSSR count). The molecule has 6 nitrogen and oxygen atoms in total. The zero-order chi connectivity index (χ0) is 21.8. The number of nitrogens with one attached hydrogen (secondary N) is 1. The van der Waals surface area contributed by atoms with Crippen LogP contribution >= 0.6 is 0 Å². The van der Waals surface area contributed by atoms with Gasteiger partial charge in [-0.2, -0.15) is 0 Å². The first-order chi connectivity index (χ1) is 14.3. The SMILES string of the molecule is CCCC1(NC=O)CCN(c2cc(-c3ccc(OC(F)(F)F)c(F)c3)ncn2)CC1. The average Bonchev–Trinajstić information content (AvgIpc) is 2.70. The molecule has 1 aromatic carbocycles. The second kappa shape index (κ2) is 8.85. The summed E-state index contributed by atoms with van der Waals surface area (Å²) < 4.78 is 54.6. The van der Waals surface area contributed by atoms with Crippen molar-refractivity contribution in [2.24, 2.45) is 0 Å². The number of amides is 1. The van der Waals surface area contributed by atoms with Gasteiger partial charge in [0.1, 0.15) is 12.1 Å². The topological polar surface area (TPSA) is 67.4 Å². The molecule has 0 bridgehead atoms. The molecule has 2 heterocycles. The Hall–Kier alpha value is -2.91. The number of hydrogen-bond acceptors (Lipinski definition) is 5. The van der Waals surface area contributed by atoms with Gasteiger partial charge in [0.15, 0.2) is 11.6 Å². The van der Waals surface area contributed by atoms with E-state index < -0.39 is 17.9 Å². The van der Waals surface area contributed by atoms with E-state index >= 15 is 0 Å². The van der Waals surface area contributed by atoms with E-state index in [2.05, 4.69) is 26.9 Å². The molecule has 1 fully saturated rings. The number of nitrogens with zero attached hydrogens (tertiary/aromatic N) is 3. The fourth-order valence-electron chi connectivity index (χ4n) is 3.78. The number of piperidine rings is 1. The number of rotatable bonds is 7. The Morgan fingerprint density at radius 2 is 1.97 bits per heavy atom. The molecule has 1 aliphatic heterocycles. The molecule has 0 unspecified atom stereocenters. The van der Waals surface area contributed by atoms with Gasteiger partial charge in [-0.05, 0) is 37.5 Å². The highest BCUT2D eigenvalue weighted by Gasteiger charge is 2.34. The van der Waals surface area contributed by atoms with E-state index in [9.17, 15) is 22.4 Å². The van der Waals surface area contributed by atoms with Gasteiger partial charge in [0.05, 0.1) is 5.69 Å². The van der Waals surface area contributed by atoms with Crippen LogP contribution in [0.1, 0.15) is 32.6 Å². The number of ether oxygens (including phenoxy) is 1. The van der Waals surface area contributed by atoms with Crippen molar-refractivity contribution in [3.63, 3.8) is 0 Å². The summed E-state index contributed by atoms with van der Waals surface area (Å²) in [4.78, 5) is 21.4. The average molecular weight is 426 g/mol. The Balaban J connectivity index is 1.76. The van der Waals surface area contributed by atoms with Crippen LogP contribution < -0.4 is 15.0 Å². The van der Waals surface area contributed by atoms with Crippen molar-refractivity contribution >= 4 is 12.2 Å². The van der Waals surface area contributed by atoms with Crippen molar-refractivity contribution in [2.45, 2.75) is 44.5 Å². The van der Waals surface area contributed by atoms with Crippen molar-refractivity contribution in [1.82, 2.24) is 15.3 Å². The molecule has 0 aliphatic carbocycles. The number of hydrogen-bond donors (Lipinski definition) is 1. The maximum absolute atomic E-state index is 14.0. The smallest absolute Gasteiger partial charge is 0.403 e. The standard InChI is InChI=1S/C20H22F4N4O2/c1-2-5-19(27-13-29)6-8-28(9-7-19)18-11-16(25-12-26-18)14-3-4-17(15(21)10-14)30-20(22,23)24/h3-4,10-13H,2,5-9H2,1H3,(H,27,29). The fraction of sp³-hybridized carbons (Fsp3) is 0.450. The minimum atomic E-state index is -4.97. The van der Waals surface area contributed by atoms with E-state index in [1.54, 1.807) is 6.07 Å². The predicted molar refractivity (Wildman–Crippen MR) is 102 cm³/mol. The van der Waals surface area contributed by atoms with Crippen LogP contribution in [-0.2, 0) is 4.79 Å². The summed E-state index contributed by atoms with van der Waals surface area (Å²) in [6.07, 6.45) is 0.478. The number of halogens is 4. The summed E-state index contributed by atoms with van der Waals surface area (Å²) in [5.41, 5.74) is 0.472. The molecule has 1 aliphatic rings. The van der Waals surface area contributed by atoms with E-state index in [1.807, 2.05) is 4.90 Å². The summed E-state index contributed by atoms with van der Waals surface area (Å²) in [5, 5.41) is 2.96. The minimum absolute atomic E-state index is 0.222. The molecular formula is C20H22F4N4O2. The summed E-state index contributed by atoms with van der Waals surface area (Å²) in [6, 6.07) is 4.85. The Labute approximate surface area is 171 Å². The van der Waals surface area contributed by atoms with Crippen LogP contribution in [0, 0.1) is 5.82 Å². The maximum Gasteiger partial charge on any atom is 0.573 e. The lowest BCUT2D eigenvalue weighted by Crippen LogP contribution is -2.53. The third kappa shape index (κ3) is 5.17. The molecule has 1 amide bonds. The van der Waals surface area contributed by atoms with Gasteiger partial charge in [0, 0.05) is 30.3 Å². The Kier molecular flexibility index (Phi) is 6.42. The number of alkyl halides is 3. The first-order valence-corrected chi connectivity index (χ1v) is 9.59. The molecule has 30 heavy (non-hydrogen) atoms. The van der Waals surface area contributed by atoms with Crippen molar-refractivity contribution < 1.29 is 27.1 Å². The Morgan fingerprint density at radius 3 is 2.57 bits per heavy atom. The van der Waals surface area contributed by atoms with Gasteiger partial charge in [0.2, 0.25) is 6.41 Å². The van der Waals surface area contributed by atoms with Gasteiger partial charge < -0.3 is 15.0 Å². The molecule has 0 saturated carbocycles. The minimum Gasteiger partial charge on any atom is -0.403 e. The highest BCUT2D eigenvalue weighted by Crippen LogP contribution is 2.32. The van der Waals surface area contributed by atoms with Crippen LogP contribution in [0.15, 0.2) is 30.6 Å². The van der Waals surface area contributed by atoms with Crippen LogP contribution in [0.4, 0.5) is 23.4 Å². The fourth-order valence-corrected chi connectivity index (χ4v) is 3.78. The zero-order valence-electron chi connectivity index (χ0n) is 16.4. The van der Waals surface area contributed by atoms with Gasteiger partial charge >= 0.3 is 6.36 Å². The molecule has 162 valence electrons. The zero-order valence-corrected chi connectivity index (χ0v) is 16.4. The first-order valence-electron chi connectivity index (χ1n) is 9.59. The molecular weight excluding hydrogens is 404 g/mol. The number of anilines is 1. The quantitative estimate of drug-likeness (QED) is 0.534. The molecule has 10 heteroatoms. The van der Waals surface area contributed by atoms with E-state index in [0.717, 1.165) is 44.2 Å². The number of carbonyl (C=O) groups excluding carboxylic acids is 1. The molecule has 0 spiro atoms. The van der Waals surface area contributed by atoms with E-state index in [0.29, 0.717) is 30.2 Å². The van der Waals surface area contributed by atoms with Crippen LogP contribution in [0.5, 0.6) is 5.75 Å². The van der Waals surface area contributed by atoms with Gasteiger partial charge in [-0.1, -0.05) is 13.3 Å². The lowest BCUT2D eigenvalue weighted by atomic mass is 9.83. The Morgan fingerprint density at radius 1 is 1.23 bits per heavy atom. The second-order valence-corrected chi connectivity index (χ2v) is 7.23. The normalized spacial score (nSPS) is 16.2. The van der Waals surface area contributed by atoms with Gasteiger partial charge in [-0.25, -0.2) is 14.4 Å². The maximum atomic E-state index is 14.0. The first kappa shape index (κ1) is 21.8. The van der Waals surface area contributed by atoms with Crippen molar-refractivity contribution in [2.75, 3.05) is 18.0 Å². The number of aromatic nitrogens is 2. The lowest BCUT2D eigenvalue weighted by Gasteiger charge is -2.42. The number of benzene rings is 1. The van der Waals surface area contributed by atoms with E-state index in [4.69, 9.17) is 0 Å². The molecule has 1 saturated heterocycles. The van der Waals surface area contributed by atoms with Crippen molar-refractivity contribution in [3.05, 3.63) is 36.4 Å². The number of carbonyl (C=O) groups is 1. The van der Waals surface area contributed by atoms with Crippen molar-refractivity contribution in [1.29, 1.82) is 0 Å². The summed E-state index contributed by atoms with van der Waals surface area (Å²) >= 11 is 0. The Bertz CT molecular complexity index is 883. The van der Waals surface area contributed by atoms with E-state index in [1.165, 1.54) is 12.4 Å². The van der Waals surface area contributed by atoms with Crippen LogP contribution in [0.2, 0.25) is 0 Å². The molecule has 0 radical (unpaired) electrons. The largest absolute Gasteiger partial charge is 0.573 e. The second-order valence-electron chi connectivity index (χ2n) is 7.23. The van der Waals surface area contributed by atoms with Gasteiger partial charge in [-0.3, -0.25) is 4.79 Å². The lowest BCUT2D eigenvalue weighted by molar-refractivity contribution is -0.275. The summed E-state index contributed by atoms with van der Waals surface area (Å²) in [6.45, 7) is 3.41. The summed E-state index contributed by atoms with van der Waals surface area (Å²) in [5.74, 6) is -1.40. The molecule has 1 N–H and O–H groups in total. The highest BCUT2D eigenvalue weighted by molar-refractivity contribution is 5.63. The molecule has 2 aromatic rings. The van der Waals surface area contributed by atoms with Crippen LogP contribution in [-0.4, -0.2) is 41.4 Å².